The molecule has 0 aromatic heterocycles. The summed E-state index contributed by atoms with van der Waals surface area (Å²) in [5, 5.41) is 3.12. The molecule has 2 heterocycles. The molecule has 2 rings (SSSR count). The van der Waals surface area contributed by atoms with E-state index in [9.17, 15) is 8.42 Å². The van der Waals surface area contributed by atoms with Crippen molar-refractivity contribution in [1.29, 1.82) is 0 Å². The van der Waals surface area contributed by atoms with E-state index >= 15 is 0 Å². The van der Waals surface area contributed by atoms with Crippen LogP contribution in [0, 0.1) is 0 Å². The molecule has 2 saturated heterocycles. The van der Waals surface area contributed by atoms with Crippen molar-refractivity contribution in [3.8, 4) is 0 Å². The van der Waals surface area contributed by atoms with E-state index < -0.39 is 10.0 Å². The predicted molar refractivity (Wildman–Crippen MR) is 71.0 cm³/mol. The Morgan fingerprint density at radius 1 is 1.11 bits per heavy atom. The van der Waals surface area contributed by atoms with Gasteiger partial charge in [-0.15, -0.1) is 0 Å². The van der Waals surface area contributed by atoms with E-state index in [4.69, 9.17) is 4.74 Å². The standard InChI is InChI=1S/C12H24N2O3S/c1-9-3-4-12(10(2)13-9)14-18(15,16)11-5-7-17-8-6-11/h9-14H,3-8H2,1-2H3. The molecule has 0 saturated carbocycles. The summed E-state index contributed by atoms with van der Waals surface area (Å²) in [6.45, 7) is 5.30. The van der Waals surface area contributed by atoms with E-state index in [2.05, 4.69) is 17.0 Å². The maximum Gasteiger partial charge on any atom is 0.214 e. The van der Waals surface area contributed by atoms with Gasteiger partial charge in [-0.25, -0.2) is 13.1 Å². The zero-order valence-electron chi connectivity index (χ0n) is 11.2. The van der Waals surface area contributed by atoms with Gasteiger partial charge in [0.05, 0.1) is 5.25 Å². The van der Waals surface area contributed by atoms with Crippen molar-refractivity contribution in [2.45, 2.75) is 62.9 Å². The lowest BCUT2D eigenvalue weighted by Crippen LogP contribution is -2.56. The quantitative estimate of drug-likeness (QED) is 0.793. The van der Waals surface area contributed by atoms with Crippen LogP contribution in [0.1, 0.15) is 39.5 Å². The third kappa shape index (κ3) is 3.44. The summed E-state index contributed by atoms with van der Waals surface area (Å²) in [5.74, 6) is 0. The van der Waals surface area contributed by atoms with Crippen LogP contribution in [-0.2, 0) is 14.8 Å². The topological polar surface area (TPSA) is 67.4 Å². The number of hydrogen-bond acceptors (Lipinski definition) is 4. The molecular formula is C12H24N2O3S. The Bertz CT molecular complexity index is 366. The molecule has 0 spiro atoms. The summed E-state index contributed by atoms with van der Waals surface area (Å²) < 4.78 is 32.7. The molecule has 0 bridgehead atoms. The van der Waals surface area contributed by atoms with E-state index in [1.807, 2.05) is 6.92 Å². The lowest BCUT2D eigenvalue weighted by molar-refractivity contribution is 0.0979. The fourth-order valence-electron chi connectivity index (χ4n) is 2.78. The summed E-state index contributed by atoms with van der Waals surface area (Å²) in [6.07, 6.45) is 3.16. The van der Waals surface area contributed by atoms with Gasteiger partial charge in [-0.1, -0.05) is 0 Å². The first-order chi connectivity index (χ1) is 8.49. The number of sulfonamides is 1. The minimum atomic E-state index is -3.20. The third-order valence-electron chi connectivity index (χ3n) is 3.98. The summed E-state index contributed by atoms with van der Waals surface area (Å²) in [4.78, 5) is 0. The average Bonchev–Trinajstić information content (AvgIpc) is 2.34. The molecule has 2 N–H and O–H groups in total. The number of ether oxygens (including phenoxy) is 1. The first-order valence-corrected chi connectivity index (χ1v) is 8.38. The van der Waals surface area contributed by atoms with Crippen LogP contribution in [0.4, 0.5) is 0 Å². The van der Waals surface area contributed by atoms with Crippen molar-refractivity contribution < 1.29 is 13.2 Å². The highest BCUT2D eigenvalue weighted by Crippen LogP contribution is 2.19. The summed E-state index contributed by atoms with van der Waals surface area (Å²) in [5.41, 5.74) is 0. The van der Waals surface area contributed by atoms with Crippen molar-refractivity contribution >= 4 is 10.0 Å². The average molecular weight is 276 g/mol. The molecule has 106 valence electrons. The largest absolute Gasteiger partial charge is 0.381 e. The Morgan fingerprint density at radius 2 is 1.78 bits per heavy atom. The van der Waals surface area contributed by atoms with Crippen LogP contribution in [0.3, 0.4) is 0 Å². The van der Waals surface area contributed by atoms with E-state index in [0.717, 1.165) is 12.8 Å². The van der Waals surface area contributed by atoms with Gasteiger partial charge in [-0.05, 0) is 39.5 Å². The first-order valence-electron chi connectivity index (χ1n) is 6.84. The Balaban J connectivity index is 1.94. The van der Waals surface area contributed by atoms with E-state index in [1.165, 1.54) is 0 Å². The SMILES string of the molecule is CC1CCC(NS(=O)(=O)C2CCOCC2)C(C)N1. The van der Waals surface area contributed by atoms with E-state index in [-0.39, 0.29) is 17.3 Å². The van der Waals surface area contributed by atoms with Crippen LogP contribution in [0.15, 0.2) is 0 Å². The first kappa shape index (κ1) is 14.2. The molecule has 0 aromatic carbocycles. The summed E-state index contributed by atoms with van der Waals surface area (Å²) in [6, 6.07) is 0.696. The number of piperidine rings is 1. The molecule has 3 unspecified atom stereocenters. The van der Waals surface area contributed by atoms with Crippen molar-refractivity contribution in [2.75, 3.05) is 13.2 Å². The monoisotopic (exact) mass is 276 g/mol. The van der Waals surface area contributed by atoms with Crippen LogP contribution < -0.4 is 10.0 Å². The van der Waals surface area contributed by atoms with Crippen molar-refractivity contribution in [3.63, 3.8) is 0 Å². The Kier molecular flexibility index (Phi) is 4.64. The van der Waals surface area contributed by atoms with Crippen molar-refractivity contribution in [3.05, 3.63) is 0 Å². The lowest BCUT2D eigenvalue weighted by Gasteiger charge is -2.35. The fraction of sp³-hybridized carbons (Fsp3) is 1.00. The van der Waals surface area contributed by atoms with Gasteiger partial charge < -0.3 is 10.1 Å². The van der Waals surface area contributed by atoms with Gasteiger partial charge in [0, 0.05) is 31.3 Å². The van der Waals surface area contributed by atoms with Crippen molar-refractivity contribution in [1.82, 2.24) is 10.0 Å². The molecule has 2 aliphatic rings. The Morgan fingerprint density at radius 3 is 2.39 bits per heavy atom. The lowest BCUT2D eigenvalue weighted by atomic mass is 9.96. The van der Waals surface area contributed by atoms with E-state index in [0.29, 0.717) is 32.1 Å². The molecule has 18 heavy (non-hydrogen) atoms. The van der Waals surface area contributed by atoms with Gasteiger partial charge in [0.1, 0.15) is 0 Å². The van der Waals surface area contributed by atoms with Gasteiger partial charge in [0.2, 0.25) is 10.0 Å². The third-order valence-corrected chi connectivity index (χ3v) is 5.96. The van der Waals surface area contributed by atoms with Crippen LogP contribution in [0.5, 0.6) is 0 Å². The smallest absolute Gasteiger partial charge is 0.214 e. The minimum absolute atomic E-state index is 0.0223. The molecule has 0 aliphatic carbocycles. The minimum Gasteiger partial charge on any atom is -0.381 e. The fourth-order valence-corrected chi connectivity index (χ4v) is 4.53. The normalized spacial score (nSPS) is 35.6. The second kappa shape index (κ2) is 5.86. The van der Waals surface area contributed by atoms with E-state index in [1.54, 1.807) is 0 Å². The second-order valence-electron chi connectivity index (χ2n) is 5.51. The Labute approximate surface area is 110 Å². The zero-order valence-corrected chi connectivity index (χ0v) is 12.0. The van der Waals surface area contributed by atoms with Gasteiger partial charge >= 0.3 is 0 Å². The number of nitrogens with one attached hydrogen (secondary N) is 2. The molecule has 0 radical (unpaired) electrons. The molecule has 0 amide bonds. The molecular weight excluding hydrogens is 252 g/mol. The van der Waals surface area contributed by atoms with Crippen LogP contribution in [0.25, 0.3) is 0 Å². The molecule has 6 heteroatoms. The highest BCUT2D eigenvalue weighted by Gasteiger charge is 2.33. The van der Waals surface area contributed by atoms with Gasteiger partial charge in [0.15, 0.2) is 0 Å². The zero-order chi connectivity index (χ0) is 13.2. The molecule has 0 aromatic rings. The van der Waals surface area contributed by atoms with Crippen LogP contribution >= 0.6 is 0 Å². The summed E-state index contributed by atoms with van der Waals surface area (Å²) >= 11 is 0. The van der Waals surface area contributed by atoms with Gasteiger partial charge in [-0.3, -0.25) is 0 Å². The summed E-state index contributed by atoms with van der Waals surface area (Å²) in [7, 11) is -3.20. The maximum atomic E-state index is 12.3. The van der Waals surface area contributed by atoms with Crippen LogP contribution in [-0.4, -0.2) is 45.0 Å². The predicted octanol–water partition coefficient (Wildman–Crippen LogP) is 0.614. The molecule has 2 fully saturated rings. The maximum absolute atomic E-state index is 12.3. The molecule has 5 nitrogen and oxygen atoms in total. The van der Waals surface area contributed by atoms with Gasteiger partial charge in [-0.2, -0.15) is 0 Å². The Hall–Kier alpha value is -0.170. The number of rotatable bonds is 3. The number of hydrogen-bond donors (Lipinski definition) is 2. The highest BCUT2D eigenvalue weighted by molar-refractivity contribution is 7.90. The van der Waals surface area contributed by atoms with Crippen molar-refractivity contribution in [2.24, 2.45) is 0 Å². The second-order valence-corrected chi connectivity index (χ2v) is 7.51. The van der Waals surface area contributed by atoms with Crippen LogP contribution in [0.2, 0.25) is 0 Å². The molecule has 3 atom stereocenters. The van der Waals surface area contributed by atoms with Gasteiger partial charge in [0.25, 0.3) is 0 Å². The molecule has 2 aliphatic heterocycles. The highest BCUT2D eigenvalue weighted by atomic mass is 32.2.